The second-order valence-corrected chi connectivity index (χ2v) is 3.62. The molecule has 0 aliphatic carbocycles. The summed E-state index contributed by atoms with van der Waals surface area (Å²) in [5.74, 6) is 0.927. The Kier molecular flexibility index (Phi) is 3.13. The highest BCUT2D eigenvalue weighted by atomic mass is 16.5. The van der Waals surface area contributed by atoms with Gasteiger partial charge in [-0.1, -0.05) is 0 Å². The summed E-state index contributed by atoms with van der Waals surface area (Å²) in [4.78, 5) is 10.8. The molecule has 0 saturated carbocycles. The molecule has 1 fully saturated rings. The van der Waals surface area contributed by atoms with Crippen molar-refractivity contribution < 1.29 is 4.74 Å². The quantitative estimate of drug-likeness (QED) is 0.738. The van der Waals surface area contributed by atoms with Crippen LogP contribution in [0.1, 0.15) is 5.69 Å². The summed E-state index contributed by atoms with van der Waals surface area (Å²) in [5, 5.41) is 0. The van der Waals surface area contributed by atoms with Gasteiger partial charge in [-0.3, -0.25) is 4.98 Å². The third-order valence-electron chi connectivity index (χ3n) is 2.63. The number of aromatic nitrogens is 2. The van der Waals surface area contributed by atoms with Gasteiger partial charge in [0.2, 0.25) is 0 Å². The average molecular weight is 208 g/mol. The van der Waals surface area contributed by atoms with Gasteiger partial charge >= 0.3 is 0 Å². The summed E-state index contributed by atoms with van der Waals surface area (Å²) in [5.41, 5.74) is 6.65. The van der Waals surface area contributed by atoms with Crippen LogP contribution in [-0.4, -0.2) is 42.3 Å². The minimum absolute atomic E-state index is 0.217. The lowest BCUT2D eigenvalue weighted by Gasteiger charge is -2.36. The number of anilines is 1. The van der Waals surface area contributed by atoms with Crippen molar-refractivity contribution in [1.29, 1.82) is 0 Å². The molecule has 1 unspecified atom stereocenters. The topological polar surface area (TPSA) is 64.3 Å². The van der Waals surface area contributed by atoms with Gasteiger partial charge in [-0.2, -0.15) is 0 Å². The van der Waals surface area contributed by atoms with E-state index in [0.717, 1.165) is 24.7 Å². The Hall–Kier alpha value is -1.20. The Bertz CT molecular complexity index is 331. The molecule has 5 nitrogen and oxygen atoms in total. The lowest BCUT2D eigenvalue weighted by molar-refractivity contribution is 0.0957. The second kappa shape index (κ2) is 4.55. The number of nitrogens with two attached hydrogens (primary N) is 1. The summed E-state index contributed by atoms with van der Waals surface area (Å²) in [6, 6.07) is 0.217. The van der Waals surface area contributed by atoms with E-state index in [9.17, 15) is 0 Å². The fourth-order valence-corrected chi connectivity index (χ4v) is 1.81. The van der Waals surface area contributed by atoms with E-state index in [1.807, 2.05) is 6.92 Å². The van der Waals surface area contributed by atoms with E-state index in [4.69, 9.17) is 10.5 Å². The maximum absolute atomic E-state index is 5.71. The molecule has 1 aliphatic rings. The highest BCUT2D eigenvalue weighted by Crippen LogP contribution is 2.18. The summed E-state index contributed by atoms with van der Waals surface area (Å²) >= 11 is 0. The lowest BCUT2D eigenvalue weighted by Crippen LogP contribution is -2.50. The van der Waals surface area contributed by atoms with Crippen molar-refractivity contribution in [3.05, 3.63) is 18.1 Å². The van der Waals surface area contributed by atoms with E-state index >= 15 is 0 Å². The van der Waals surface area contributed by atoms with Gasteiger partial charge in [0.1, 0.15) is 5.82 Å². The van der Waals surface area contributed by atoms with Crippen LogP contribution in [0, 0.1) is 6.92 Å². The van der Waals surface area contributed by atoms with Gasteiger partial charge in [0.25, 0.3) is 0 Å². The molecule has 0 amide bonds. The number of rotatable bonds is 2. The fraction of sp³-hybridized carbons (Fsp3) is 0.600. The minimum Gasteiger partial charge on any atom is -0.377 e. The van der Waals surface area contributed by atoms with Crippen molar-refractivity contribution in [3.8, 4) is 0 Å². The van der Waals surface area contributed by atoms with Crippen LogP contribution in [0.25, 0.3) is 0 Å². The molecule has 0 radical (unpaired) electrons. The molecule has 0 aromatic carbocycles. The molecule has 5 heteroatoms. The van der Waals surface area contributed by atoms with E-state index in [2.05, 4.69) is 14.9 Å². The summed E-state index contributed by atoms with van der Waals surface area (Å²) in [7, 11) is 0. The number of aryl methyl sites for hydroxylation is 1. The maximum atomic E-state index is 5.71. The molecule has 82 valence electrons. The van der Waals surface area contributed by atoms with E-state index in [0.29, 0.717) is 13.2 Å². The van der Waals surface area contributed by atoms with Crippen molar-refractivity contribution in [3.63, 3.8) is 0 Å². The van der Waals surface area contributed by atoms with E-state index in [-0.39, 0.29) is 6.04 Å². The molecule has 1 aliphatic heterocycles. The predicted octanol–water partition coefficient (Wildman–Crippen LogP) is -0.0511. The first-order valence-electron chi connectivity index (χ1n) is 5.15. The van der Waals surface area contributed by atoms with E-state index < -0.39 is 0 Å². The van der Waals surface area contributed by atoms with Crippen LogP contribution in [-0.2, 0) is 4.74 Å². The van der Waals surface area contributed by atoms with Crippen molar-refractivity contribution in [1.82, 2.24) is 9.97 Å². The normalized spacial score (nSPS) is 21.7. The highest BCUT2D eigenvalue weighted by molar-refractivity contribution is 5.44. The third kappa shape index (κ3) is 2.08. The average Bonchev–Trinajstić information content (AvgIpc) is 2.30. The standard InChI is InChI=1S/C10H16N4O/c1-8-10(13-3-2-12-8)14-4-5-15-7-9(14)6-11/h2-3,9H,4-7,11H2,1H3. The zero-order valence-electron chi connectivity index (χ0n) is 8.89. The molecule has 1 aromatic heterocycles. The number of ether oxygens (including phenoxy) is 1. The molecular formula is C10H16N4O. The van der Waals surface area contributed by atoms with Gasteiger partial charge < -0.3 is 15.4 Å². The minimum atomic E-state index is 0.217. The van der Waals surface area contributed by atoms with Crippen LogP contribution in [0.2, 0.25) is 0 Å². The Balaban J connectivity index is 2.24. The predicted molar refractivity (Wildman–Crippen MR) is 57.8 cm³/mol. The highest BCUT2D eigenvalue weighted by Gasteiger charge is 2.24. The first kappa shape index (κ1) is 10.3. The maximum Gasteiger partial charge on any atom is 0.150 e. The first-order valence-corrected chi connectivity index (χ1v) is 5.15. The van der Waals surface area contributed by atoms with Crippen molar-refractivity contribution >= 4 is 5.82 Å². The Morgan fingerprint density at radius 2 is 2.33 bits per heavy atom. The second-order valence-electron chi connectivity index (χ2n) is 3.62. The van der Waals surface area contributed by atoms with Gasteiger partial charge in [-0.05, 0) is 6.92 Å². The Morgan fingerprint density at radius 1 is 1.53 bits per heavy atom. The van der Waals surface area contributed by atoms with Crippen LogP contribution in [0.15, 0.2) is 12.4 Å². The van der Waals surface area contributed by atoms with Crippen molar-refractivity contribution in [2.45, 2.75) is 13.0 Å². The van der Waals surface area contributed by atoms with Gasteiger partial charge in [-0.25, -0.2) is 4.98 Å². The van der Waals surface area contributed by atoms with Gasteiger partial charge in [0.05, 0.1) is 24.9 Å². The Morgan fingerprint density at radius 3 is 3.07 bits per heavy atom. The monoisotopic (exact) mass is 208 g/mol. The molecule has 0 spiro atoms. The molecule has 2 rings (SSSR count). The number of hydrogen-bond acceptors (Lipinski definition) is 5. The molecule has 15 heavy (non-hydrogen) atoms. The number of morpholine rings is 1. The van der Waals surface area contributed by atoms with Gasteiger partial charge in [0, 0.05) is 25.5 Å². The summed E-state index contributed by atoms with van der Waals surface area (Å²) in [6.07, 6.45) is 3.42. The molecule has 2 heterocycles. The third-order valence-corrected chi connectivity index (χ3v) is 2.63. The molecule has 1 saturated heterocycles. The van der Waals surface area contributed by atoms with Crippen LogP contribution >= 0.6 is 0 Å². The smallest absolute Gasteiger partial charge is 0.150 e. The SMILES string of the molecule is Cc1nccnc1N1CCOCC1CN. The summed E-state index contributed by atoms with van der Waals surface area (Å²) in [6.45, 7) is 4.78. The van der Waals surface area contributed by atoms with E-state index in [1.165, 1.54) is 0 Å². The van der Waals surface area contributed by atoms with Crippen LogP contribution < -0.4 is 10.6 Å². The zero-order valence-corrected chi connectivity index (χ0v) is 8.89. The fourth-order valence-electron chi connectivity index (χ4n) is 1.81. The van der Waals surface area contributed by atoms with Crippen molar-refractivity contribution in [2.24, 2.45) is 5.73 Å². The molecule has 1 atom stereocenters. The van der Waals surface area contributed by atoms with Gasteiger partial charge in [0.15, 0.2) is 0 Å². The van der Waals surface area contributed by atoms with Crippen LogP contribution in [0.5, 0.6) is 0 Å². The summed E-state index contributed by atoms with van der Waals surface area (Å²) < 4.78 is 5.39. The molecule has 0 bridgehead atoms. The van der Waals surface area contributed by atoms with E-state index in [1.54, 1.807) is 12.4 Å². The Labute approximate surface area is 89.3 Å². The van der Waals surface area contributed by atoms with Crippen LogP contribution in [0.4, 0.5) is 5.82 Å². The zero-order chi connectivity index (χ0) is 10.7. The lowest BCUT2D eigenvalue weighted by atomic mass is 10.2. The molecule has 2 N–H and O–H groups in total. The van der Waals surface area contributed by atoms with Crippen LogP contribution in [0.3, 0.4) is 0 Å². The first-order chi connectivity index (χ1) is 7.33. The molecular weight excluding hydrogens is 192 g/mol. The number of nitrogens with zero attached hydrogens (tertiary/aromatic N) is 3. The largest absolute Gasteiger partial charge is 0.377 e. The van der Waals surface area contributed by atoms with Crippen molar-refractivity contribution in [2.75, 3.05) is 31.2 Å². The van der Waals surface area contributed by atoms with Gasteiger partial charge in [-0.15, -0.1) is 0 Å². The number of hydrogen-bond donors (Lipinski definition) is 1. The molecule has 1 aromatic rings.